The Labute approximate surface area is 190 Å². The van der Waals surface area contributed by atoms with Gasteiger partial charge in [-0.2, -0.15) is 0 Å². The van der Waals surface area contributed by atoms with E-state index in [0.717, 1.165) is 6.54 Å². The molecule has 2 atom stereocenters. The lowest BCUT2D eigenvalue weighted by Crippen LogP contribution is -2.57. The summed E-state index contributed by atoms with van der Waals surface area (Å²) in [6.07, 6.45) is 1.26. The van der Waals surface area contributed by atoms with Crippen molar-refractivity contribution < 1.29 is 23.9 Å². The second-order valence-corrected chi connectivity index (χ2v) is 8.60. The molecule has 1 N–H and O–H groups in total. The Kier molecular flexibility index (Phi) is 6.04. The highest BCUT2D eigenvalue weighted by Crippen LogP contribution is 2.30. The minimum Gasteiger partial charge on any atom is -0.475 e. The Morgan fingerprint density at radius 1 is 1.09 bits per heavy atom. The van der Waals surface area contributed by atoms with Gasteiger partial charge in [0.05, 0.1) is 16.8 Å². The number of furan rings is 1. The molecule has 0 unspecified atom stereocenters. The highest BCUT2D eigenvalue weighted by atomic mass is 35.5. The van der Waals surface area contributed by atoms with Crippen LogP contribution >= 0.6 is 11.6 Å². The number of Topliss-reactive ketones (excluding diaryl/α,β-unsaturated/α-hetero) is 1. The number of fused-ring (bicyclic) bond motifs is 1. The molecule has 3 aromatic rings. The summed E-state index contributed by atoms with van der Waals surface area (Å²) in [4.78, 5) is 40.6. The molecule has 1 amide bonds. The number of ketones is 1. The van der Waals surface area contributed by atoms with Crippen molar-refractivity contribution in [2.24, 2.45) is 0 Å². The zero-order valence-corrected chi connectivity index (χ0v) is 18.5. The first-order valence-electron chi connectivity index (χ1n) is 10.3. The topological polar surface area (TPSA) is 91.1 Å². The fourth-order valence-corrected chi connectivity index (χ4v) is 4.43. The first kappa shape index (κ1) is 22.0. The third-order valence-electron chi connectivity index (χ3n) is 5.92. The van der Waals surface area contributed by atoms with Crippen molar-refractivity contribution >= 4 is 40.0 Å². The smallest absolute Gasteiger partial charge is 0.380 e. The van der Waals surface area contributed by atoms with Crippen LogP contribution in [-0.4, -0.2) is 57.7 Å². The minimum absolute atomic E-state index is 0.0568. The Morgan fingerprint density at radius 2 is 1.81 bits per heavy atom. The predicted octanol–water partition coefficient (Wildman–Crippen LogP) is 4.09. The summed E-state index contributed by atoms with van der Waals surface area (Å²) in [6.45, 7) is 6.10. The van der Waals surface area contributed by atoms with Gasteiger partial charge in [-0.3, -0.25) is 14.5 Å². The number of carboxylic acids is 1. The Bertz CT molecular complexity index is 1190. The molecule has 0 saturated carbocycles. The first-order valence-corrected chi connectivity index (χ1v) is 10.7. The first-order chi connectivity index (χ1) is 15.3. The summed E-state index contributed by atoms with van der Waals surface area (Å²) in [6, 6.07) is 13.2. The van der Waals surface area contributed by atoms with E-state index in [1.165, 1.54) is 24.0 Å². The van der Waals surface area contributed by atoms with Crippen LogP contribution in [-0.2, 0) is 11.3 Å². The molecule has 0 aliphatic carbocycles. The SMILES string of the molecule is C[C@@H]1CN(Cc2ccccc2)[C@@H](C)CN1C(=O)c1cc2c(C(=O)C(=O)O)occ2cc1Cl. The summed E-state index contributed by atoms with van der Waals surface area (Å²) in [7, 11) is 0. The average Bonchev–Trinajstić information content (AvgIpc) is 3.17. The second-order valence-electron chi connectivity index (χ2n) is 8.19. The van der Waals surface area contributed by atoms with Crippen LogP contribution in [0.2, 0.25) is 5.02 Å². The summed E-state index contributed by atoms with van der Waals surface area (Å²) < 4.78 is 5.16. The number of hydrogen-bond donors (Lipinski definition) is 1. The molecular weight excluding hydrogens is 432 g/mol. The van der Waals surface area contributed by atoms with Crippen molar-refractivity contribution in [3.8, 4) is 0 Å². The van der Waals surface area contributed by atoms with E-state index >= 15 is 0 Å². The number of piperazine rings is 1. The van der Waals surface area contributed by atoms with Gasteiger partial charge >= 0.3 is 11.8 Å². The van der Waals surface area contributed by atoms with Crippen molar-refractivity contribution in [3.63, 3.8) is 0 Å². The van der Waals surface area contributed by atoms with Gasteiger partial charge in [0, 0.05) is 42.5 Å². The zero-order valence-electron chi connectivity index (χ0n) is 17.7. The van der Waals surface area contributed by atoms with E-state index < -0.39 is 11.8 Å². The molecule has 0 spiro atoms. The molecule has 166 valence electrons. The molecule has 0 radical (unpaired) electrons. The quantitative estimate of drug-likeness (QED) is 0.461. The van der Waals surface area contributed by atoms with E-state index in [1.807, 2.05) is 25.1 Å². The molecule has 1 aliphatic rings. The van der Waals surface area contributed by atoms with Crippen LogP contribution < -0.4 is 0 Å². The van der Waals surface area contributed by atoms with Gasteiger partial charge in [0.2, 0.25) is 0 Å². The molecular formula is C24H23ClN2O5. The van der Waals surface area contributed by atoms with Gasteiger partial charge < -0.3 is 14.4 Å². The number of benzene rings is 2. The van der Waals surface area contributed by atoms with E-state index in [2.05, 4.69) is 24.0 Å². The third kappa shape index (κ3) is 4.13. The van der Waals surface area contributed by atoms with Crippen LogP contribution in [0.25, 0.3) is 10.8 Å². The monoisotopic (exact) mass is 454 g/mol. The van der Waals surface area contributed by atoms with Gasteiger partial charge in [0.15, 0.2) is 5.76 Å². The van der Waals surface area contributed by atoms with E-state index in [1.54, 1.807) is 4.90 Å². The Hall–Kier alpha value is -3.16. The van der Waals surface area contributed by atoms with E-state index in [-0.39, 0.29) is 39.7 Å². The predicted molar refractivity (Wildman–Crippen MR) is 120 cm³/mol. The number of rotatable bonds is 5. The lowest BCUT2D eigenvalue weighted by molar-refractivity contribution is -0.131. The van der Waals surface area contributed by atoms with Crippen molar-refractivity contribution in [2.45, 2.75) is 32.5 Å². The van der Waals surface area contributed by atoms with E-state index in [4.69, 9.17) is 21.1 Å². The van der Waals surface area contributed by atoms with Crippen molar-refractivity contribution in [3.05, 3.63) is 70.6 Å². The Balaban J connectivity index is 1.59. The molecule has 0 bridgehead atoms. The highest BCUT2D eigenvalue weighted by molar-refractivity contribution is 6.41. The molecule has 8 heteroatoms. The second kappa shape index (κ2) is 8.76. The van der Waals surface area contributed by atoms with Crippen LogP contribution in [0.15, 0.2) is 53.1 Å². The van der Waals surface area contributed by atoms with Gasteiger partial charge in [-0.15, -0.1) is 0 Å². The molecule has 1 saturated heterocycles. The lowest BCUT2D eigenvalue weighted by Gasteiger charge is -2.44. The Morgan fingerprint density at radius 3 is 2.50 bits per heavy atom. The fourth-order valence-electron chi connectivity index (χ4n) is 4.18. The van der Waals surface area contributed by atoms with Crippen molar-refractivity contribution in [1.82, 2.24) is 9.80 Å². The molecule has 1 aromatic heterocycles. The number of nitrogens with zero attached hydrogens (tertiary/aromatic N) is 2. The van der Waals surface area contributed by atoms with Gasteiger partial charge in [-0.1, -0.05) is 41.9 Å². The van der Waals surface area contributed by atoms with Crippen molar-refractivity contribution in [2.75, 3.05) is 13.1 Å². The maximum atomic E-state index is 13.4. The van der Waals surface area contributed by atoms with Crippen LogP contribution in [0.5, 0.6) is 0 Å². The maximum Gasteiger partial charge on any atom is 0.380 e. The number of halogens is 1. The van der Waals surface area contributed by atoms with Crippen LogP contribution in [0.3, 0.4) is 0 Å². The van der Waals surface area contributed by atoms with Gasteiger partial charge in [0.1, 0.15) is 0 Å². The van der Waals surface area contributed by atoms with Crippen LogP contribution in [0.4, 0.5) is 0 Å². The molecule has 2 aromatic carbocycles. The third-order valence-corrected chi connectivity index (χ3v) is 6.24. The lowest BCUT2D eigenvalue weighted by atomic mass is 10.0. The summed E-state index contributed by atoms with van der Waals surface area (Å²) >= 11 is 6.39. The molecule has 4 rings (SSSR count). The molecule has 2 heterocycles. The number of carbonyl (C=O) groups excluding carboxylic acids is 2. The number of hydrogen-bond acceptors (Lipinski definition) is 5. The van der Waals surface area contributed by atoms with E-state index in [9.17, 15) is 14.4 Å². The van der Waals surface area contributed by atoms with Crippen LogP contribution in [0.1, 0.15) is 40.3 Å². The zero-order chi connectivity index (χ0) is 23.0. The minimum atomic E-state index is -1.62. The summed E-state index contributed by atoms with van der Waals surface area (Å²) in [5.41, 5.74) is 1.44. The maximum absolute atomic E-state index is 13.4. The normalized spacial score (nSPS) is 19.3. The fraction of sp³-hybridized carbons (Fsp3) is 0.292. The van der Waals surface area contributed by atoms with Gasteiger partial charge in [0.25, 0.3) is 5.91 Å². The molecule has 1 aliphatic heterocycles. The number of amides is 1. The molecule has 1 fully saturated rings. The number of aliphatic carboxylic acids is 1. The summed E-state index contributed by atoms with van der Waals surface area (Å²) in [5, 5.41) is 9.98. The number of carbonyl (C=O) groups is 3. The summed E-state index contributed by atoms with van der Waals surface area (Å²) in [5.74, 6) is -3.36. The largest absolute Gasteiger partial charge is 0.475 e. The molecule has 7 nitrogen and oxygen atoms in total. The van der Waals surface area contributed by atoms with Gasteiger partial charge in [-0.25, -0.2) is 4.79 Å². The van der Waals surface area contributed by atoms with Gasteiger partial charge in [-0.05, 0) is 31.5 Å². The number of carboxylic acid groups (broad SMARTS) is 1. The average molecular weight is 455 g/mol. The highest BCUT2D eigenvalue weighted by Gasteiger charge is 2.33. The molecule has 32 heavy (non-hydrogen) atoms. The standard InChI is InChI=1S/C24H23ClN2O5/c1-14-11-27(15(2)10-26(14)12-16-6-4-3-5-7-16)23(29)19-9-18-17(8-20(19)25)13-32-22(18)21(28)24(30)31/h3-9,13-15H,10-12H2,1-2H3,(H,30,31)/t14-,15+/m0/s1. The van der Waals surface area contributed by atoms with Crippen molar-refractivity contribution in [1.29, 1.82) is 0 Å². The van der Waals surface area contributed by atoms with E-state index in [0.29, 0.717) is 18.5 Å². The van der Waals surface area contributed by atoms with Crippen LogP contribution in [0, 0.1) is 0 Å².